The van der Waals surface area contributed by atoms with Crippen molar-refractivity contribution in [2.45, 2.75) is 12.3 Å². The number of hydrogen-bond acceptors (Lipinski definition) is 5. The van der Waals surface area contributed by atoms with E-state index in [1.54, 1.807) is 5.32 Å². The lowest BCUT2D eigenvalue weighted by molar-refractivity contribution is -0.117. The van der Waals surface area contributed by atoms with E-state index < -0.39 is 37.3 Å². The fourth-order valence-corrected chi connectivity index (χ4v) is 2.59. The van der Waals surface area contributed by atoms with Gasteiger partial charge < -0.3 is 5.32 Å². The van der Waals surface area contributed by atoms with Crippen LogP contribution in [0.3, 0.4) is 0 Å². The van der Waals surface area contributed by atoms with Crippen LogP contribution in [0.25, 0.3) is 0 Å². The van der Waals surface area contributed by atoms with Crippen molar-refractivity contribution < 1.29 is 30.7 Å². The highest BCUT2D eigenvalue weighted by Crippen LogP contribution is 2.01. The normalized spacial score (nSPS) is 14.2. The Hall–Kier alpha value is -0.970. The van der Waals surface area contributed by atoms with Gasteiger partial charge in [0.05, 0.1) is 0 Å². The maximum absolute atomic E-state index is 11.0. The van der Waals surface area contributed by atoms with Gasteiger partial charge in [0.25, 0.3) is 20.2 Å². The van der Waals surface area contributed by atoms with Crippen LogP contribution in [-0.4, -0.2) is 43.0 Å². The number of hydrogen-bond donors (Lipinski definition) is 3. The van der Waals surface area contributed by atoms with Gasteiger partial charge in [0.1, 0.15) is 5.75 Å². The molecule has 0 bridgehead atoms. The fourth-order valence-electron chi connectivity index (χ4n) is 0.663. The average Bonchev–Trinajstić information content (AvgIpc) is 1.98. The van der Waals surface area contributed by atoms with Crippen LogP contribution in [0.15, 0.2) is 12.2 Å². The van der Waals surface area contributed by atoms with E-state index in [1.807, 2.05) is 0 Å². The Bertz CT molecular complexity index is 489. The predicted octanol–water partition coefficient (Wildman–Crippen LogP) is -1.22. The Labute approximate surface area is 92.8 Å². The second-order valence-corrected chi connectivity index (χ2v) is 6.10. The lowest BCUT2D eigenvalue weighted by Crippen LogP contribution is -2.45. The zero-order valence-electron chi connectivity index (χ0n) is 8.24. The number of rotatable bonds is 5. The molecule has 1 amide bonds. The zero-order valence-corrected chi connectivity index (χ0v) is 9.88. The number of carbonyl (C=O) groups excluding carboxylic acids is 1. The third-order valence-corrected chi connectivity index (χ3v) is 3.37. The Morgan fingerprint density at radius 3 is 2.00 bits per heavy atom. The smallest absolute Gasteiger partial charge is 0.287 e. The van der Waals surface area contributed by atoms with Gasteiger partial charge in [-0.05, 0) is 6.92 Å². The molecule has 0 radical (unpaired) electrons. The maximum Gasteiger partial charge on any atom is 0.287 e. The van der Waals surface area contributed by atoms with E-state index in [0.29, 0.717) is 0 Å². The third kappa shape index (κ3) is 5.80. The molecule has 0 saturated carbocycles. The highest BCUT2D eigenvalue weighted by atomic mass is 32.2. The number of carbonyl (C=O) groups is 1. The van der Waals surface area contributed by atoms with Gasteiger partial charge in [-0.1, -0.05) is 6.58 Å². The van der Waals surface area contributed by atoms with Gasteiger partial charge in [-0.3, -0.25) is 13.9 Å². The van der Waals surface area contributed by atoms with E-state index in [9.17, 15) is 21.6 Å². The van der Waals surface area contributed by atoms with E-state index in [4.69, 9.17) is 9.11 Å². The van der Waals surface area contributed by atoms with Crippen molar-refractivity contribution in [2.75, 3.05) is 5.75 Å². The Morgan fingerprint density at radius 1 is 1.31 bits per heavy atom. The summed E-state index contributed by atoms with van der Waals surface area (Å²) in [5, 5.41) is -0.435. The molecule has 0 aromatic heterocycles. The highest BCUT2D eigenvalue weighted by molar-refractivity contribution is 7.90. The molecule has 8 nitrogen and oxygen atoms in total. The monoisotopic (exact) mass is 273 g/mol. The molecular weight excluding hydrogens is 262 g/mol. The molecule has 0 spiro atoms. The summed E-state index contributed by atoms with van der Waals surface area (Å²) in [6.45, 7) is 4.44. The van der Waals surface area contributed by atoms with Crippen molar-refractivity contribution >= 4 is 26.1 Å². The molecule has 0 aliphatic heterocycles. The molecule has 3 N–H and O–H groups in total. The molecule has 0 heterocycles. The summed E-state index contributed by atoms with van der Waals surface area (Å²) in [5.74, 6) is -2.29. The summed E-state index contributed by atoms with van der Waals surface area (Å²) < 4.78 is 59.3. The number of amides is 1. The van der Waals surface area contributed by atoms with E-state index >= 15 is 0 Å². The average molecular weight is 273 g/mol. The van der Waals surface area contributed by atoms with Crippen molar-refractivity contribution in [3.8, 4) is 0 Å². The summed E-state index contributed by atoms with van der Waals surface area (Å²) in [7, 11) is -9.50. The quantitative estimate of drug-likeness (QED) is 0.421. The molecule has 1 atom stereocenters. The topological polar surface area (TPSA) is 138 Å². The summed E-state index contributed by atoms with van der Waals surface area (Å²) >= 11 is 0. The van der Waals surface area contributed by atoms with E-state index in [0.717, 1.165) is 0 Å². The van der Waals surface area contributed by atoms with Crippen LogP contribution >= 0.6 is 0 Å². The van der Waals surface area contributed by atoms with Gasteiger partial charge in [0.15, 0.2) is 5.37 Å². The molecule has 0 aromatic rings. The molecule has 1 unspecified atom stereocenters. The van der Waals surface area contributed by atoms with Crippen LogP contribution in [0.2, 0.25) is 0 Å². The summed E-state index contributed by atoms with van der Waals surface area (Å²) in [4.78, 5) is 11.0. The lowest BCUT2D eigenvalue weighted by Gasteiger charge is -2.13. The van der Waals surface area contributed by atoms with Gasteiger partial charge in [0, 0.05) is 5.57 Å². The Morgan fingerprint density at radius 2 is 1.75 bits per heavy atom. The van der Waals surface area contributed by atoms with Crippen LogP contribution in [-0.2, 0) is 25.0 Å². The van der Waals surface area contributed by atoms with Gasteiger partial charge >= 0.3 is 0 Å². The molecule has 94 valence electrons. The minimum absolute atomic E-state index is 0.0796. The molecule has 16 heavy (non-hydrogen) atoms. The first-order valence-corrected chi connectivity index (χ1v) is 6.92. The minimum atomic E-state index is -4.84. The zero-order chi connectivity index (χ0) is 13.1. The summed E-state index contributed by atoms with van der Waals surface area (Å²) in [6.07, 6.45) is 0. The van der Waals surface area contributed by atoms with Gasteiger partial charge in [-0.25, -0.2) is 0 Å². The molecule has 0 aromatic carbocycles. The van der Waals surface area contributed by atoms with Gasteiger partial charge in [-0.15, -0.1) is 0 Å². The van der Waals surface area contributed by atoms with Crippen molar-refractivity contribution in [3.63, 3.8) is 0 Å². The van der Waals surface area contributed by atoms with Crippen molar-refractivity contribution in [1.29, 1.82) is 0 Å². The van der Waals surface area contributed by atoms with Crippen LogP contribution in [0.4, 0.5) is 0 Å². The highest BCUT2D eigenvalue weighted by Gasteiger charge is 2.29. The molecular formula is C6H11NO7S2. The van der Waals surface area contributed by atoms with E-state index in [-0.39, 0.29) is 5.57 Å². The molecule has 0 rings (SSSR count). The van der Waals surface area contributed by atoms with Crippen LogP contribution in [0.5, 0.6) is 0 Å². The molecule has 0 aliphatic rings. The third-order valence-electron chi connectivity index (χ3n) is 1.40. The van der Waals surface area contributed by atoms with Gasteiger partial charge in [0.2, 0.25) is 5.91 Å². The van der Waals surface area contributed by atoms with Crippen LogP contribution < -0.4 is 5.32 Å². The Kier molecular flexibility index (Phi) is 4.61. The fraction of sp³-hybridized carbons (Fsp3) is 0.500. The SMILES string of the molecule is C=C(C)C(=O)NC(CS(=O)(=O)O)S(=O)(=O)O. The lowest BCUT2D eigenvalue weighted by atomic mass is 10.3. The largest absolute Gasteiger partial charge is 0.333 e. The maximum atomic E-state index is 11.0. The summed E-state index contributed by atoms with van der Waals surface area (Å²) in [5.41, 5.74) is -0.0796. The predicted molar refractivity (Wildman–Crippen MR) is 54.7 cm³/mol. The first kappa shape index (κ1) is 15.0. The van der Waals surface area contributed by atoms with Crippen LogP contribution in [0.1, 0.15) is 6.92 Å². The van der Waals surface area contributed by atoms with E-state index in [1.165, 1.54) is 6.92 Å². The molecule has 0 saturated heterocycles. The van der Waals surface area contributed by atoms with Crippen molar-refractivity contribution in [2.24, 2.45) is 0 Å². The van der Waals surface area contributed by atoms with Crippen LogP contribution in [0, 0.1) is 0 Å². The van der Waals surface area contributed by atoms with Crippen molar-refractivity contribution in [3.05, 3.63) is 12.2 Å². The minimum Gasteiger partial charge on any atom is -0.333 e. The molecule has 10 heteroatoms. The first-order chi connectivity index (χ1) is 6.93. The van der Waals surface area contributed by atoms with Crippen molar-refractivity contribution in [1.82, 2.24) is 5.32 Å². The van der Waals surface area contributed by atoms with E-state index in [2.05, 4.69) is 6.58 Å². The second-order valence-electron chi connectivity index (χ2n) is 3.01. The Balaban J connectivity index is 5.00. The molecule has 0 fully saturated rings. The summed E-state index contributed by atoms with van der Waals surface area (Å²) in [6, 6.07) is 0. The number of nitrogens with one attached hydrogen (secondary N) is 1. The van der Waals surface area contributed by atoms with Gasteiger partial charge in [-0.2, -0.15) is 16.8 Å². The molecule has 0 aliphatic carbocycles. The first-order valence-electron chi connectivity index (χ1n) is 3.81. The standard InChI is InChI=1S/C6H11NO7S2/c1-4(2)6(8)7-5(16(12,13)14)3-15(9,10)11/h5H,1,3H2,2H3,(H,7,8)(H,9,10,11)(H,12,13,14). The second kappa shape index (κ2) is 4.91.